The van der Waals surface area contributed by atoms with Gasteiger partial charge in [-0.25, -0.2) is 4.79 Å². The van der Waals surface area contributed by atoms with E-state index in [0.717, 1.165) is 5.39 Å². The molecule has 2 nitrogen and oxygen atoms in total. The summed E-state index contributed by atoms with van der Waals surface area (Å²) in [5.74, 6) is 0. The first-order valence-electron chi connectivity index (χ1n) is 3.35. The van der Waals surface area contributed by atoms with Gasteiger partial charge in [0.2, 0.25) is 0 Å². The quantitative estimate of drug-likeness (QED) is 0.430. The maximum absolute atomic E-state index is 10.7. The van der Waals surface area contributed by atoms with Crippen molar-refractivity contribution in [3.05, 3.63) is 46.8 Å². The van der Waals surface area contributed by atoms with Crippen molar-refractivity contribution < 1.29 is 4.42 Å². The first-order valence-corrected chi connectivity index (χ1v) is 3.35. The number of benzene rings is 1. The van der Waals surface area contributed by atoms with Crippen LogP contribution in [0, 0.1) is 0 Å². The molecule has 0 radical (unpaired) electrons. The lowest BCUT2D eigenvalue weighted by Crippen LogP contribution is -1.93. The van der Waals surface area contributed by atoms with Gasteiger partial charge in [-0.1, -0.05) is 18.2 Å². The zero-order valence-electron chi connectivity index (χ0n) is 5.78. The molecule has 0 unspecified atom stereocenters. The number of para-hydroxylation sites is 1. The molecule has 0 N–H and O–H groups in total. The summed E-state index contributed by atoms with van der Waals surface area (Å²) in [5, 5.41) is 0.951. The molecule has 0 amide bonds. The Morgan fingerprint density at radius 2 is 1.75 bits per heavy atom. The normalized spacial score (nSPS) is 9.33. The third kappa shape index (κ3) is 1.45. The minimum atomic E-state index is -0.302. The summed E-state index contributed by atoms with van der Waals surface area (Å²) in [5.41, 5.74) is 0.337. The van der Waals surface area contributed by atoms with Crippen LogP contribution in [0.4, 0.5) is 0 Å². The van der Waals surface area contributed by atoms with Crippen LogP contribution in [0.3, 0.4) is 0 Å². The van der Waals surface area contributed by atoms with Crippen molar-refractivity contribution in [3.63, 3.8) is 0 Å². The monoisotopic (exact) mass is 178 g/mol. The Hall–Kier alpha value is -1.35. The lowest BCUT2D eigenvalue weighted by atomic mass is 10.2. The van der Waals surface area contributed by atoms with Crippen LogP contribution in [-0.2, 0) is 0 Å². The minimum Gasteiger partial charge on any atom is -0.423 e. The zero-order chi connectivity index (χ0) is 7.68. The van der Waals surface area contributed by atoms with Gasteiger partial charge in [-0.15, -0.1) is 0 Å². The molecule has 1 aromatic carbocycles. The van der Waals surface area contributed by atoms with Crippen molar-refractivity contribution in [2.24, 2.45) is 0 Å². The van der Waals surface area contributed by atoms with Crippen molar-refractivity contribution in [1.29, 1.82) is 0 Å². The molecular weight excluding hydrogens is 168 g/mol. The van der Waals surface area contributed by atoms with E-state index in [1.165, 1.54) is 6.07 Å². The highest BCUT2D eigenvalue weighted by Gasteiger charge is 1.92. The van der Waals surface area contributed by atoms with Crippen LogP contribution in [0.15, 0.2) is 45.6 Å². The molecule has 0 saturated carbocycles. The van der Waals surface area contributed by atoms with E-state index in [1.54, 1.807) is 12.1 Å². The van der Waals surface area contributed by atoms with Crippen LogP contribution in [0.25, 0.3) is 11.0 Å². The second kappa shape index (κ2) is 3.36. The standard InChI is InChI=1S/C9H6O2.H4Si/c10-9-6-5-7-3-1-2-4-8(7)11-9;/h1-6H;1H4. The molecule has 0 atom stereocenters. The maximum atomic E-state index is 10.7. The summed E-state index contributed by atoms with van der Waals surface area (Å²) in [6, 6.07) is 10.6. The Morgan fingerprint density at radius 3 is 2.58 bits per heavy atom. The molecule has 0 saturated heterocycles. The van der Waals surface area contributed by atoms with Gasteiger partial charge in [0.1, 0.15) is 5.58 Å². The Morgan fingerprint density at radius 1 is 1.00 bits per heavy atom. The average Bonchev–Trinajstić information content (AvgIpc) is 2.04. The Kier molecular flexibility index (Phi) is 2.45. The lowest BCUT2D eigenvalue weighted by Gasteiger charge is -1.91. The smallest absolute Gasteiger partial charge is 0.336 e. The van der Waals surface area contributed by atoms with Crippen LogP contribution in [0.2, 0.25) is 0 Å². The third-order valence-electron chi connectivity index (χ3n) is 1.53. The summed E-state index contributed by atoms with van der Waals surface area (Å²) in [6.07, 6.45) is 0. The molecular formula is C9H10O2Si. The molecule has 0 aliphatic carbocycles. The fourth-order valence-corrected chi connectivity index (χ4v) is 1.01. The van der Waals surface area contributed by atoms with Gasteiger partial charge in [-0.3, -0.25) is 0 Å². The van der Waals surface area contributed by atoms with E-state index < -0.39 is 0 Å². The largest absolute Gasteiger partial charge is 0.423 e. The van der Waals surface area contributed by atoms with E-state index in [2.05, 4.69) is 0 Å². The Labute approximate surface area is 73.9 Å². The summed E-state index contributed by atoms with van der Waals surface area (Å²) in [4.78, 5) is 10.7. The van der Waals surface area contributed by atoms with Gasteiger partial charge in [0, 0.05) is 11.5 Å². The highest BCUT2D eigenvalue weighted by atomic mass is 28.1. The predicted octanol–water partition coefficient (Wildman–Crippen LogP) is 0.341. The first kappa shape index (κ1) is 8.74. The second-order valence-corrected chi connectivity index (χ2v) is 2.29. The molecule has 0 aliphatic rings. The van der Waals surface area contributed by atoms with Gasteiger partial charge in [0.25, 0.3) is 0 Å². The summed E-state index contributed by atoms with van der Waals surface area (Å²) in [6.45, 7) is 0. The summed E-state index contributed by atoms with van der Waals surface area (Å²) >= 11 is 0. The first-order chi connectivity index (χ1) is 5.36. The van der Waals surface area contributed by atoms with Crippen LogP contribution in [-0.4, -0.2) is 11.0 Å². The summed E-state index contributed by atoms with van der Waals surface area (Å²) in [7, 11) is 0. The Bertz CT molecular complexity index is 433. The molecule has 62 valence electrons. The van der Waals surface area contributed by atoms with E-state index in [1.807, 2.05) is 18.2 Å². The molecule has 1 heterocycles. The second-order valence-electron chi connectivity index (χ2n) is 2.29. The highest BCUT2D eigenvalue weighted by molar-refractivity contribution is 5.76. The number of rotatable bonds is 0. The van der Waals surface area contributed by atoms with Crippen LogP contribution in [0.1, 0.15) is 0 Å². The van der Waals surface area contributed by atoms with E-state index in [0.29, 0.717) is 5.58 Å². The molecule has 3 heteroatoms. The topological polar surface area (TPSA) is 30.2 Å². The molecule has 12 heavy (non-hydrogen) atoms. The van der Waals surface area contributed by atoms with E-state index >= 15 is 0 Å². The number of hydrogen-bond donors (Lipinski definition) is 0. The Balaban J connectivity index is 0.000000720. The zero-order valence-corrected chi connectivity index (χ0v) is 5.78. The molecule has 0 bridgehead atoms. The van der Waals surface area contributed by atoms with E-state index in [4.69, 9.17) is 4.42 Å². The molecule has 0 spiro atoms. The van der Waals surface area contributed by atoms with E-state index in [9.17, 15) is 4.79 Å². The van der Waals surface area contributed by atoms with Crippen molar-refractivity contribution in [2.45, 2.75) is 0 Å². The summed E-state index contributed by atoms with van der Waals surface area (Å²) < 4.78 is 4.91. The maximum Gasteiger partial charge on any atom is 0.336 e. The van der Waals surface area contributed by atoms with Crippen molar-refractivity contribution in [2.75, 3.05) is 0 Å². The van der Waals surface area contributed by atoms with Crippen molar-refractivity contribution in [3.8, 4) is 0 Å². The molecule has 1 aromatic heterocycles. The van der Waals surface area contributed by atoms with Gasteiger partial charge in [0.05, 0.1) is 0 Å². The molecule has 2 rings (SSSR count). The number of fused-ring (bicyclic) bond motifs is 1. The lowest BCUT2D eigenvalue weighted by molar-refractivity contribution is 0.561. The van der Waals surface area contributed by atoms with Crippen LogP contribution < -0.4 is 5.63 Å². The van der Waals surface area contributed by atoms with Gasteiger partial charge in [0.15, 0.2) is 0 Å². The van der Waals surface area contributed by atoms with Crippen LogP contribution >= 0.6 is 0 Å². The van der Waals surface area contributed by atoms with Gasteiger partial charge < -0.3 is 4.42 Å². The van der Waals surface area contributed by atoms with Gasteiger partial charge in [-0.2, -0.15) is 0 Å². The van der Waals surface area contributed by atoms with Crippen molar-refractivity contribution >= 4 is 21.9 Å². The fraction of sp³-hybridized carbons (Fsp3) is 0. The highest BCUT2D eigenvalue weighted by Crippen LogP contribution is 2.08. The van der Waals surface area contributed by atoms with Gasteiger partial charge >= 0.3 is 5.63 Å². The van der Waals surface area contributed by atoms with Gasteiger partial charge in [-0.05, 0) is 23.1 Å². The predicted molar refractivity (Wildman–Crippen MR) is 53.8 cm³/mol. The number of hydrogen-bond acceptors (Lipinski definition) is 2. The molecule has 0 fully saturated rings. The van der Waals surface area contributed by atoms with Crippen LogP contribution in [0.5, 0.6) is 0 Å². The molecule has 0 aliphatic heterocycles. The van der Waals surface area contributed by atoms with E-state index in [-0.39, 0.29) is 16.6 Å². The third-order valence-corrected chi connectivity index (χ3v) is 1.53. The van der Waals surface area contributed by atoms with Crippen molar-refractivity contribution in [1.82, 2.24) is 0 Å². The average molecular weight is 178 g/mol. The SMILES string of the molecule is O=c1ccc2ccccc2o1.[SiH4]. The molecule has 2 aromatic rings. The minimum absolute atomic E-state index is 0. The fourth-order valence-electron chi connectivity index (χ4n) is 1.01.